The molecule has 2 fully saturated rings. The summed E-state index contributed by atoms with van der Waals surface area (Å²) in [5, 5.41) is 5.92. The molecule has 138 valence electrons. The zero-order chi connectivity index (χ0) is 18.0. The summed E-state index contributed by atoms with van der Waals surface area (Å²) in [7, 11) is 0. The van der Waals surface area contributed by atoms with Crippen LogP contribution < -0.4 is 10.6 Å². The quantitative estimate of drug-likeness (QED) is 0.864. The maximum Gasteiger partial charge on any atom is 0.317 e. The zero-order valence-corrected chi connectivity index (χ0v) is 15.3. The number of rotatable bonds is 3. The Hall–Kier alpha value is -2.02. The van der Waals surface area contributed by atoms with Gasteiger partial charge in [0.05, 0.1) is 6.54 Å². The molecule has 1 aromatic rings. The average molecular weight is 348 g/mol. The molecule has 0 saturated carbocycles. The fraction of sp³-hybridized carbons (Fsp3) is 0.667. The molecular formula is C18H28N4O3. The zero-order valence-electron chi connectivity index (χ0n) is 15.3. The number of aryl methyl sites for hydroxylation is 1. The molecule has 2 aliphatic heterocycles. The number of nitrogens with one attached hydrogen (secondary N) is 2. The summed E-state index contributed by atoms with van der Waals surface area (Å²) in [5.74, 6) is 1.89. The Morgan fingerprint density at radius 2 is 2.16 bits per heavy atom. The van der Waals surface area contributed by atoms with Crippen molar-refractivity contribution in [3.63, 3.8) is 0 Å². The lowest BCUT2D eigenvalue weighted by Crippen LogP contribution is -2.48. The Morgan fingerprint density at radius 1 is 1.36 bits per heavy atom. The van der Waals surface area contributed by atoms with Gasteiger partial charge in [0, 0.05) is 50.6 Å². The highest BCUT2D eigenvalue weighted by atomic mass is 16.3. The van der Waals surface area contributed by atoms with E-state index in [0.29, 0.717) is 32.6 Å². The van der Waals surface area contributed by atoms with E-state index >= 15 is 0 Å². The van der Waals surface area contributed by atoms with E-state index in [1.807, 2.05) is 37.8 Å². The van der Waals surface area contributed by atoms with Gasteiger partial charge in [-0.1, -0.05) is 0 Å². The van der Waals surface area contributed by atoms with Crippen LogP contribution in [0.15, 0.2) is 16.5 Å². The van der Waals surface area contributed by atoms with Crippen LogP contribution in [0.25, 0.3) is 0 Å². The minimum Gasteiger partial charge on any atom is -0.465 e. The van der Waals surface area contributed by atoms with Gasteiger partial charge in [-0.15, -0.1) is 0 Å². The third-order valence-electron chi connectivity index (χ3n) is 4.84. The van der Waals surface area contributed by atoms with Gasteiger partial charge in [0.1, 0.15) is 11.5 Å². The lowest BCUT2D eigenvalue weighted by atomic mass is 9.86. The second-order valence-corrected chi connectivity index (χ2v) is 7.70. The van der Waals surface area contributed by atoms with Crippen LogP contribution in [0.5, 0.6) is 0 Å². The van der Waals surface area contributed by atoms with Crippen LogP contribution in [0.4, 0.5) is 4.79 Å². The van der Waals surface area contributed by atoms with E-state index in [1.54, 1.807) is 0 Å². The summed E-state index contributed by atoms with van der Waals surface area (Å²) in [6.45, 7) is 9.94. The summed E-state index contributed by atoms with van der Waals surface area (Å²) in [6.07, 6.45) is 0.464. The van der Waals surface area contributed by atoms with Crippen molar-refractivity contribution in [2.75, 3.05) is 32.7 Å². The molecule has 1 spiro atoms. The molecule has 2 aliphatic rings. The van der Waals surface area contributed by atoms with E-state index in [1.165, 1.54) is 0 Å². The number of nitrogens with zero attached hydrogens (tertiary/aromatic N) is 2. The molecule has 0 aromatic carbocycles. The number of amides is 3. The predicted molar refractivity (Wildman–Crippen MR) is 94.0 cm³/mol. The van der Waals surface area contributed by atoms with Crippen molar-refractivity contribution >= 4 is 11.9 Å². The van der Waals surface area contributed by atoms with Crippen molar-refractivity contribution < 1.29 is 14.0 Å². The van der Waals surface area contributed by atoms with E-state index in [9.17, 15) is 9.59 Å². The summed E-state index contributed by atoms with van der Waals surface area (Å²) in [5.41, 5.74) is -0.233. The molecule has 0 radical (unpaired) electrons. The van der Waals surface area contributed by atoms with E-state index < -0.39 is 0 Å². The fourth-order valence-corrected chi connectivity index (χ4v) is 3.76. The van der Waals surface area contributed by atoms with Crippen molar-refractivity contribution in [1.29, 1.82) is 0 Å². The van der Waals surface area contributed by atoms with Crippen LogP contribution in [0.2, 0.25) is 0 Å². The van der Waals surface area contributed by atoms with Crippen LogP contribution in [0, 0.1) is 12.3 Å². The smallest absolute Gasteiger partial charge is 0.317 e. The van der Waals surface area contributed by atoms with Gasteiger partial charge in [0.2, 0.25) is 5.91 Å². The van der Waals surface area contributed by atoms with Gasteiger partial charge >= 0.3 is 6.03 Å². The number of carbonyl (C=O) groups excluding carboxylic acids is 2. The summed E-state index contributed by atoms with van der Waals surface area (Å²) < 4.78 is 5.71. The van der Waals surface area contributed by atoms with Crippen LogP contribution in [-0.2, 0) is 11.3 Å². The molecule has 0 bridgehead atoms. The Morgan fingerprint density at radius 3 is 2.76 bits per heavy atom. The van der Waals surface area contributed by atoms with E-state index in [0.717, 1.165) is 24.6 Å². The van der Waals surface area contributed by atoms with Crippen LogP contribution in [-0.4, -0.2) is 60.5 Å². The lowest BCUT2D eigenvalue weighted by Gasteiger charge is -2.32. The minimum absolute atomic E-state index is 0.0515. The molecule has 7 heteroatoms. The normalized spacial score (nSPS) is 24.6. The molecule has 25 heavy (non-hydrogen) atoms. The van der Waals surface area contributed by atoms with Crippen molar-refractivity contribution in [2.24, 2.45) is 5.41 Å². The minimum atomic E-state index is -0.233. The number of carbonyl (C=O) groups is 2. The first-order chi connectivity index (χ1) is 11.8. The molecule has 2 saturated heterocycles. The molecule has 7 nitrogen and oxygen atoms in total. The first-order valence-electron chi connectivity index (χ1n) is 8.95. The summed E-state index contributed by atoms with van der Waals surface area (Å²) >= 11 is 0. The molecule has 3 heterocycles. The lowest BCUT2D eigenvalue weighted by molar-refractivity contribution is -0.119. The van der Waals surface area contributed by atoms with E-state index in [-0.39, 0.29) is 23.4 Å². The Labute approximate surface area is 148 Å². The highest BCUT2D eigenvalue weighted by molar-refractivity contribution is 5.80. The van der Waals surface area contributed by atoms with Crippen LogP contribution in [0.1, 0.15) is 31.8 Å². The standard InChI is InChI=1S/C18H28N4O3/c1-13(2)20-17(24)22-7-6-21(9-15-5-4-14(3)25-15)11-18(12-22)8-16(23)19-10-18/h4-5,13H,6-12H2,1-3H3,(H,19,23)(H,20,24). The molecule has 1 atom stereocenters. The molecule has 3 amide bonds. The number of furan rings is 1. The average Bonchev–Trinajstić information content (AvgIpc) is 3.02. The van der Waals surface area contributed by atoms with E-state index in [2.05, 4.69) is 15.5 Å². The highest BCUT2D eigenvalue weighted by Crippen LogP contribution is 2.31. The molecule has 3 rings (SSSR count). The SMILES string of the molecule is Cc1ccc(CN2CCN(C(=O)NC(C)C)CC3(CNC(=O)C3)C2)o1. The van der Waals surface area contributed by atoms with Crippen molar-refractivity contribution in [3.05, 3.63) is 23.7 Å². The van der Waals surface area contributed by atoms with Crippen LogP contribution in [0.3, 0.4) is 0 Å². The fourth-order valence-electron chi connectivity index (χ4n) is 3.76. The maximum absolute atomic E-state index is 12.5. The topological polar surface area (TPSA) is 77.8 Å². The van der Waals surface area contributed by atoms with Gasteiger partial charge in [0.15, 0.2) is 0 Å². The molecule has 2 N–H and O–H groups in total. The maximum atomic E-state index is 12.5. The van der Waals surface area contributed by atoms with Crippen molar-refractivity contribution in [1.82, 2.24) is 20.4 Å². The first kappa shape index (κ1) is 17.8. The molecule has 1 aromatic heterocycles. The monoisotopic (exact) mass is 348 g/mol. The third kappa shape index (κ3) is 4.34. The van der Waals surface area contributed by atoms with Gasteiger partial charge in [-0.3, -0.25) is 9.69 Å². The third-order valence-corrected chi connectivity index (χ3v) is 4.84. The number of hydrogen-bond donors (Lipinski definition) is 2. The number of urea groups is 1. The molecule has 0 aliphatic carbocycles. The summed E-state index contributed by atoms with van der Waals surface area (Å²) in [4.78, 5) is 28.6. The second-order valence-electron chi connectivity index (χ2n) is 7.70. The summed E-state index contributed by atoms with van der Waals surface area (Å²) in [6, 6.07) is 4.00. The predicted octanol–water partition coefficient (Wildman–Crippen LogP) is 1.33. The van der Waals surface area contributed by atoms with Crippen molar-refractivity contribution in [2.45, 2.75) is 39.8 Å². The van der Waals surface area contributed by atoms with Gasteiger partial charge < -0.3 is 20.0 Å². The van der Waals surface area contributed by atoms with Gasteiger partial charge in [0.25, 0.3) is 0 Å². The van der Waals surface area contributed by atoms with Gasteiger partial charge in [-0.2, -0.15) is 0 Å². The highest BCUT2D eigenvalue weighted by Gasteiger charge is 2.44. The van der Waals surface area contributed by atoms with Gasteiger partial charge in [-0.05, 0) is 32.9 Å². The first-order valence-corrected chi connectivity index (χ1v) is 8.95. The Kier molecular flexibility index (Phi) is 5.03. The van der Waals surface area contributed by atoms with Crippen molar-refractivity contribution in [3.8, 4) is 0 Å². The van der Waals surface area contributed by atoms with E-state index in [4.69, 9.17) is 4.42 Å². The second kappa shape index (κ2) is 7.07. The molecule has 1 unspecified atom stereocenters. The molecular weight excluding hydrogens is 320 g/mol. The Balaban J connectivity index is 1.75. The van der Waals surface area contributed by atoms with Gasteiger partial charge in [-0.25, -0.2) is 4.79 Å². The largest absolute Gasteiger partial charge is 0.465 e. The Bertz CT molecular complexity index is 642. The number of hydrogen-bond acceptors (Lipinski definition) is 4. The van der Waals surface area contributed by atoms with Crippen LogP contribution >= 0.6 is 0 Å².